The number of carbonyl (C=O) groups is 2. The number of hydrogen-bond donors (Lipinski definition) is 1. The smallest absolute Gasteiger partial charge is 0.324 e. The summed E-state index contributed by atoms with van der Waals surface area (Å²) in [5.41, 5.74) is -1.30. The fourth-order valence-electron chi connectivity index (χ4n) is 2.36. The molecule has 0 aromatic rings. The second-order valence-electron chi connectivity index (χ2n) is 3.50. The Bertz CT molecular complexity index is 293. The zero-order valence-electron chi connectivity index (χ0n) is 7.19. The number of carboxylic acid groups (broad SMARTS) is 1. The quantitative estimate of drug-likeness (QED) is 0.382. The van der Waals surface area contributed by atoms with E-state index in [1.54, 1.807) is 12.2 Å². The molecule has 4 nitrogen and oxygen atoms in total. The predicted molar refractivity (Wildman–Crippen MR) is 42.8 cm³/mol. The number of rotatable bonds is 2. The Morgan fingerprint density at radius 2 is 2.00 bits per heavy atom. The maximum Gasteiger partial charge on any atom is 0.324 e. The van der Waals surface area contributed by atoms with Gasteiger partial charge < -0.3 is 9.84 Å². The highest BCUT2D eigenvalue weighted by Gasteiger charge is 2.67. The van der Waals surface area contributed by atoms with Crippen LogP contribution in [-0.2, 0) is 14.3 Å². The van der Waals surface area contributed by atoms with E-state index < -0.39 is 17.4 Å². The highest BCUT2D eigenvalue weighted by atomic mass is 16.5. The van der Waals surface area contributed by atoms with Gasteiger partial charge in [-0.05, 0) is 6.42 Å². The van der Waals surface area contributed by atoms with Gasteiger partial charge in [0.25, 0.3) is 0 Å². The van der Waals surface area contributed by atoms with E-state index in [1.165, 1.54) is 7.11 Å². The Kier molecular flexibility index (Phi) is 1.49. The highest BCUT2D eigenvalue weighted by Crippen LogP contribution is 2.58. The molecule has 0 aromatic carbocycles. The first-order valence-electron chi connectivity index (χ1n) is 4.14. The van der Waals surface area contributed by atoms with Crippen molar-refractivity contribution in [1.82, 2.24) is 0 Å². The summed E-state index contributed by atoms with van der Waals surface area (Å²) in [5.74, 6) is -2.01. The van der Waals surface area contributed by atoms with Crippen molar-refractivity contribution in [3.8, 4) is 0 Å². The third kappa shape index (κ3) is 0.709. The van der Waals surface area contributed by atoms with Crippen LogP contribution in [0, 0.1) is 17.3 Å². The van der Waals surface area contributed by atoms with E-state index in [4.69, 9.17) is 5.11 Å². The zero-order valence-corrected chi connectivity index (χ0v) is 7.19. The van der Waals surface area contributed by atoms with Crippen molar-refractivity contribution in [2.75, 3.05) is 7.11 Å². The Morgan fingerprint density at radius 1 is 1.46 bits per heavy atom. The van der Waals surface area contributed by atoms with Crippen LogP contribution in [0.1, 0.15) is 6.42 Å². The van der Waals surface area contributed by atoms with Gasteiger partial charge in [0.05, 0.1) is 7.11 Å². The SMILES string of the molecule is COC(=O)C1(C(=O)O)C2C=CC1C2. The lowest BCUT2D eigenvalue weighted by Crippen LogP contribution is -2.56. The van der Waals surface area contributed by atoms with Gasteiger partial charge >= 0.3 is 11.9 Å². The Balaban J connectivity index is 2.35. The summed E-state index contributed by atoms with van der Waals surface area (Å²) in [6, 6.07) is 0. The molecule has 0 aromatic heterocycles. The Morgan fingerprint density at radius 3 is 2.31 bits per heavy atom. The summed E-state index contributed by atoms with van der Waals surface area (Å²) >= 11 is 0. The van der Waals surface area contributed by atoms with Crippen molar-refractivity contribution in [2.45, 2.75) is 6.42 Å². The van der Waals surface area contributed by atoms with Crippen LogP contribution in [0.4, 0.5) is 0 Å². The fourth-order valence-corrected chi connectivity index (χ4v) is 2.36. The van der Waals surface area contributed by atoms with Crippen molar-refractivity contribution in [3.05, 3.63) is 12.2 Å². The van der Waals surface area contributed by atoms with E-state index >= 15 is 0 Å². The first kappa shape index (κ1) is 8.29. The third-order valence-electron chi connectivity index (χ3n) is 3.13. The average molecular weight is 182 g/mol. The number of allylic oxidation sites excluding steroid dienone is 2. The first-order chi connectivity index (χ1) is 6.14. The van der Waals surface area contributed by atoms with Gasteiger partial charge in [0, 0.05) is 11.8 Å². The molecule has 0 radical (unpaired) electrons. The molecule has 3 aliphatic rings. The predicted octanol–water partition coefficient (Wildman–Crippen LogP) is 0.436. The molecule has 70 valence electrons. The average Bonchev–Trinajstić information content (AvgIpc) is 2.63. The zero-order chi connectivity index (χ0) is 9.64. The number of methoxy groups -OCH3 is 1. The molecule has 1 saturated carbocycles. The monoisotopic (exact) mass is 182 g/mol. The standard InChI is InChI=1S/C9H10O4/c1-13-8(12)9(7(10)11)5-2-3-6(9)4-5/h2-3,5-6H,4H2,1H3,(H,10,11). The molecular weight excluding hydrogens is 172 g/mol. The number of hydrogen-bond acceptors (Lipinski definition) is 3. The van der Waals surface area contributed by atoms with Crippen molar-refractivity contribution in [1.29, 1.82) is 0 Å². The number of aliphatic carboxylic acids is 1. The minimum absolute atomic E-state index is 0.164. The summed E-state index contributed by atoms with van der Waals surface area (Å²) in [4.78, 5) is 22.4. The summed E-state index contributed by atoms with van der Waals surface area (Å²) in [5, 5.41) is 9.03. The van der Waals surface area contributed by atoms with Gasteiger partial charge in [-0.2, -0.15) is 0 Å². The maximum atomic E-state index is 11.4. The van der Waals surface area contributed by atoms with E-state index in [2.05, 4.69) is 4.74 Å². The van der Waals surface area contributed by atoms with Gasteiger partial charge in [0.2, 0.25) is 0 Å². The molecule has 0 amide bonds. The number of ether oxygens (including phenoxy) is 1. The van der Waals surface area contributed by atoms with Crippen molar-refractivity contribution in [2.24, 2.45) is 17.3 Å². The minimum atomic E-state index is -1.30. The molecule has 4 heteroatoms. The van der Waals surface area contributed by atoms with Crippen LogP contribution in [0.3, 0.4) is 0 Å². The number of esters is 1. The van der Waals surface area contributed by atoms with Gasteiger partial charge in [-0.15, -0.1) is 0 Å². The van der Waals surface area contributed by atoms with Gasteiger partial charge in [-0.3, -0.25) is 9.59 Å². The largest absolute Gasteiger partial charge is 0.480 e. The van der Waals surface area contributed by atoms with Gasteiger partial charge in [-0.1, -0.05) is 12.2 Å². The molecule has 13 heavy (non-hydrogen) atoms. The Labute approximate surface area is 75.2 Å². The molecule has 2 unspecified atom stereocenters. The van der Waals surface area contributed by atoms with E-state index in [0.29, 0.717) is 0 Å². The normalized spacial score (nSPS) is 39.8. The van der Waals surface area contributed by atoms with Crippen LogP contribution in [0.15, 0.2) is 12.2 Å². The third-order valence-corrected chi connectivity index (χ3v) is 3.13. The molecule has 1 fully saturated rings. The molecule has 0 heterocycles. The molecule has 2 atom stereocenters. The summed E-state index contributed by atoms with van der Waals surface area (Å²) in [6.07, 6.45) is 4.37. The minimum Gasteiger partial charge on any atom is -0.480 e. The van der Waals surface area contributed by atoms with E-state index in [1.807, 2.05) is 0 Å². The van der Waals surface area contributed by atoms with Gasteiger partial charge in [0.15, 0.2) is 5.41 Å². The van der Waals surface area contributed by atoms with Crippen LogP contribution < -0.4 is 0 Å². The van der Waals surface area contributed by atoms with Crippen LogP contribution in [0.25, 0.3) is 0 Å². The molecular formula is C9H10O4. The molecule has 1 N–H and O–H groups in total. The second-order valence-corrected chi connectivity index (χ2v) is 3.50. The van der Waals surface area contributed by atoms with Crippen LogP contribution >= 0.6 is 0 Å². The Hall–Kier alpha value is -1.32. The number of carbonyl (C=O) groups excluding carboxylic acids is 1. The van der Waals surface area contributed by atoms with Gasteiger partial charge in [-0.25, -0.2) is 0 Å². The summed E-state index contributed by atoms with van der Waals surface area (Å²) < 4.78 is 4.54. The maximum absolute atomic E-state index is 11.4. The van der Waals surface area contributed by atoms with Crippen molar-refractivity contribution < 1.29 is 19.4 Å². The fraction of sp³-hybridized carbons (Fsp3) is 0.556. The highest BCUT2D eigenvalue weighted by molar-refractivity contribution is 6.02. The first-order valence-corrected chi connectivity index (χ1v) is 4.14. The summed E-state index contributed by atoms with van der Waals surface area (Å²) in [6.45, 7) is 0. The van der Waals surface area contributed by atoms with Crippen LogP contribution in [0.2, 0.25) is 0 Å². The molecule has 2 bridgehead atoms. The molecule has 3 aliphatic carbocycles. The molecule has 3 rings (SSSR count). The summed E-state index contributed by atoms with van der Waals surface area (Å²) in [7, 11) is 1.23. The second kappa shape index (κ2) is 2.34. The molecule has 0 aliphatic heterocycles. The van der Waals surface area contributed by atoms with E-state index in [9.17, 15) is 9.59 Å². The van der Waals surface area contributed by atoms with Gasteiger partial charge in [0.1, 0.15) is 0 Å². The van der Waals surface area contributed by atoms with Crippen molar-refractivity contribution >= 4 is 11.9 Å². The van der Waals surface area contributed by atoms with E-state index in [-0.39, 0.29) is 11.8 Å². The van der Waals surface area contributed by atoms with Crippen LogP contribution in [0.5, 0.6) is 0 Å². The topological polar surface area (TPSA) is 63.6 Å². The lowest BCUT2D eigenvalue weighted by Gasteiger charge is -2.43. The lowest BCUT2D eigenvalue weighted by atomic mass is 9.57. The number of carboxylic acids is 1. The van der Waals surface area contributed by atoms with Crippen LogP contribution in [-0.4, -0.2) is 24.2 Å². The lowest BCUT2D eigenvalue weighted by molar-refractivity contribution is -0.182. The van der Waals surface area contributed by atoms with Crippen molar-refractivity contribution in [3.63, 3.8) is 0 Å². The van der Waals surface area contributed by atoms with E-state index in [0.717, 1.165) is 6.42 Å². The molecule has 0 saturated heterocycles. The molecule has 0 spiro atoms.